The van der Waals surface area contributed by atoms with E-state index < -0.39 is 0 Å². The Bertz CT molecular complexity index is 635. The number of amides is 1. The second kappa shape index (κ2) is 5.21. The Labute approximate surface area is 118 Å². The zero-order valence-electron chi connectivity index (χ0n) is 11.3. The molecule has 2 aromatic carbocycles. The first kappa shape index (κ1) is 12.5. The van der Waals surface area contributed by atoms with E-state index in [1.54, 1.807) is 5.01 Å². The van der Waals surface area contributed by atoms with Gasteiger partial charge in [-0.05, 0) is 30.7 Å². The maximum Gasteiger partial charge on any atom is 0.257 e. The van der Waals surface area contributed by atoms with Gasteiger partial charge in [0.1, 0.15) is 0 Å². The average molecular weight is 264 g/mol. The van der Waals surface area contributed by atoms with Gasteiger partial charge in [-0.25, -0.2) is 5.01 Å². The Hall–Kier alpha value is -2.55. The lowest BCUT2D eigenvalue weighted by atomic mass is 9.95. The molecule has 0 fully saturated rings. The van der Waals surface area contributed by atoms with E-state index in [4.69, 9.17) is 0 Å². The van der Waals surface area contributed by atoms with Gasteiger partial charge in [-0.3, -0.25) is 10.2 Å². The number of benzene rings is 2. The van der Waals surface area contributed by atoms with Gasteiger partial charge in [-0.2, -0.15) is 0 Å². The second-order valence-corrected chi connectivity index (χ2v) is 4.86. The molecular weight excluding hydrogens is 248 g/mol. The molecule has 3 rings (SSSR count). The first-order valence-electron chi connectivity index (χ1n) is 6.65. The highest BCUT2D eigenvalue weighted by Gasteiger charge is 2.29. The Morgan fingerprint density at radius 2 is 1.55 bits per heavy atom. The van der Waals surface area contributed by atoms with E-state index in [1.807, 2.05) is 73.7 Å². The summed E-state index contributed by atoms with van der Waals surface area (Å²) >= 11 is 0. The van der Waals surface area contributed by atoms with Crippen molar-refractivity contribution < 1.29 is 4.79 Å². The van der Waals surface area contributed by atoms with Crippen LogP contribution in [0.4, 0.5) is 5.69 Å². The van der Waals surface area contributed by atoms with E-state index in [0.717, 1.165) is 16.9 Å². The number of carbonyl (C=O) groups is 1. The van der Waals surface area contributed by atoms with Crippen molar-refractivity contribution >= 4 is 11.6 Å². The summed E-state index contributed by atoms with van der Waals surface area (Å²) in [5.74, 6) is -0.203. The lowest BCUT2D eigenvalue weighted by Crippen LogP contribution is -2.47. The van der Waals surface area contributed by atoms with Crippen molar-refractivity contribution in [1.82, 2.24) is 5.43 Å². The molecule has 0 aromatic heterocycles. The molecule has 1 N–H and O–H groups in total. The highest BCUT2D eigenvalue weighted by atomic mass is 16.2. The fraction of sp³-hybridized carbons (Fsp3) is 0.118. The summed E-state index contributed by atoms with van der Waals surface area (Å²) in [7, 11) is 0. The fourth-order valence-corrected chi connectivity index (χ4v) is 2.40. The van der Waals surface area contributed by atoms with Crippen LogP contribution in [0.3, 0.4) is 0 Å². The SMILES string of the molecule is CC1=CC(c2ccccc2)C(=O)N(c2ccccc2)N1. The number of allylic oxidation sites excluding steroid dienone is 1. The molecule has 0 bridgehead atoms. The zero-order chi connectivity index (χ0) is 13.9. The van der Waals surface area contributed by atoms with E-state index in [1.165, 1.54) is 0 Å². The maximum absolute atomic E-state index is 12.7. The summed E-state index contributed by atoms with van der Waals surface area (Å²) in [6.07, 6.45) is 1.97. The molecule has 0 aliphatic carbocycles. The van der Waals surface area contributed by atoms with Crippen molar-refractivity contribution in [3.05, 3.63) is 78.0 Å². The van der Waals surface area contributed by atoms with Gasteiger partial charge < -0.3 is 0 Å². The molecule has 3 nitrogen and oxygen atoms in total. The lowest BCUT2D eigenvalue weighted by Gasteiger charge is -2.32. The van der Waals surface area contributed by atoms with Crippen LogP contribution in [-0.2, 0) is 4.79 Å². The van der Waals surface area contributed by atoms with Crippen LogP contribution in [0, 0.1) is 0 Å². The molecule has 0 saturated carbocycles. The van der Waals surface area contributed by atoms with Gasteiger partial charge >= 0.3 is 0 Å². The number of hydrogen-bond donors (Lipinski definition) is 1. The molecule has 0 saturated heterocycles. The fourth-order valence-electron chi connectivity index (χ4n) is 2.40. The first-order valence-corrected chi connectivity index (χ1v) is 6.65. The monoisotopic (exact) mass is 264 g/mol. The molecule has 1 atom stereocenters. The van der Waals surface area contributed by atoms with Crippen molar-refractivity contribution in [2.45, 2.75) is 12.8 Å². The zero-order valence-corrected chi connectivity index (χ0v) is 11.3. The van der Waals surface area contributed by atoms with E-state index in [-0.39, 0.29) is 11.8 Å². The van der Waals surface area contributed by atoms with Gasteiger partial charge in [0.15, 0.2) is 0 Å². The third-order valence-electron chi connectivity index (χ3n) is 3.36. The van der Waals surface area contributed by atoms with Crippen LogP contribution in [0.25, 0.3) is 0 Å². The van der Waals surface area contributed by atoms with Crippen molar-refractivity contribution in [3.8, 4) is 0 Å². The molecule has 1 aliphatic heterocycles. The number of nitrogens with zero attached hydrogens (tertiary/aromatic N) is 1. The van der Waals surface area contributed by atoms with Gasteiger partial charge in [0.25, 0.3) is 5.91 Å². The lowest BCUT2D eigenvalue weighted by molar-refractivity contribution is -0.120. The van der Waals surface area contributed by atoms with Crippen molar-refractivity contribution in [1.29, 1.82) is 0 Å². The van der Waals surface area contributed by atoms with Crippen molar-refractivity contribution in [3.63, 3.8) is 0 Å². The molecule has 100 valence electrons. The maximum atomic E-state index is 12.7. The number of hydrazine groups is 1. The Morgan fingerprint density at radius 1 is 0.950 bits per heavy atom. The topological polar surface area (TPSA) is 32.3 Å². The van der Waals surface area contributed by atoms with Crippen LogP contribution in [0.1, 0.15) is 18.4 Å². The number of nitrogens with one attached hydrogen (secondary N) is 1. The van der Waals surface area contributed by atoms with E-state index in [9.17, 15) is 4.79 Å². The van der Waals surface area contributed by atoms with E-state index >= 15 is 0 Å². The Kier molecular flexibility index (Phi) is 3.25. The number of anilines is 1. The van der Waals surface area contributed by atoms with Gasteiger partial charge in [0, 0.05) is 5.70 Å². The van der Waals surface area contributed by atoms with E-state index in [2.05, 4.69) is 5.43 Å². The second-order valence-electron chi connectivity index (χ2n) is 4.86. The highest BCUT2D eigenvalue weighted by molar-refractivity contribution is 5.99. The first-order chi connectivity index (χ1) is 9.75. The van der Waals surface area contributed by atoms with Crippen LogP contribution in [-0.4, -0.2) is 5.91 Å². The Balaban J connectivity index is 1.98. The van der Waals surface area contributed by atoms with Crippen molar-refractivity contribution in [2.24, 2.45) is 0 Å². The molecule has 20 heavy (non-hydrogen) atoms. The smallest absolute Gasteiger partial charge is 0.257 e. The van der Waals surface area contributed by atoms with Gasteiger partial charge in [-0.1, -0.05) is 48.5 Å². The summed E-state index contributed by atoms with van der Waals surface area (Å²) in [6.45, 7) is 1.97. The minimum Gasteiger partial charge on any atom is -0.296 e. The quantitative estimate of drug-likeness (QED) is 0.903. The van der Waals surface area contributed by atoms with Crippen LogP contribution < -0.4 is 10.4 Å². The summed E-state index contributed by atoms with van der Waals surface area (Å²) in [6, 6.07) is 19.5. The van der Waals surface area contributed by atoms with Crippen LogP contribution in [0.15, 0.2) is 72.4 Å². The van der Waals surface area contributed by atoms with Crippen LogP contribution >= 0.6 is 0 Å². The summed E-state index contributed by atoms with van der Waals surface area (Å²) in [4.78, 5) is 12.7. The van der Waals surface area contributed by atoms with E-state index in [0.29, 0.717) is 0 Å². The predicted octanol–water partition coefficient (Wildman–Crippen LogP) is 3.23. The van der Waals surface area contributed by atoms with Gasteiger partial charge in [-0.15, -0.1) is 0 Å². The molecule has 0 radical (unpaired) electrons. The number of rotatable bonds is 2. The molecule has 3 heteroatoms. The predicted molar refractivity (Wildman–Crippen MR) is 80.0 cm³/mol. The summed E-state index contributed by atoms with van der Waals surface area (Å²) < 4.78 is 0. The average Bonchev–Trinajstić information content (AvgIpc) is 2.51. The molecule has 2 aromatic rings. The molecule has 0 spiro atoms. The molecule has 1 aliphatic rings. The largest absolute Gasteiger partial charge is 0.296 e. The minimum absolute atomic E-state index is 0.0352. The molecule has 1 heterocycles. The number of carbonyl (C=O) groups excluding carboxylic acids is 1. The minimum atomic E-state index is -0.238. The normalized spacial score (nSPS) is 18.4. The van der Waals surface area contributed by atoms with Crippen LogP contribution in [0.5, 0.6) is 0 Å². The standard InChI is InChI=1S/C17H16N2O/c1-13-12-16(14-8-4-2-5-9-14)17(20)19(18-13)15-10-6-3-7-11-15/h2-12,16,18H,1H3. The van der Waals surface area contributed by atoms with Gasteiger partial charge in [0.05, 0.1) is 11.6 Å². The third-order valence-corrected chi connectivity index (χ3v) is 3.36. The van der Waals surface area contributed by atoms with Gasteiger partial charge in [0.2, 0.25) is 0 Å². The highest BCUT2D eigenvalue weighted by Crippen LogP contribution is 2.27. The molecular formula is C17H16N2O. The molecule has 1 amide bonds. The number of hydrogen-bond acceptors (Lipinski definition) is 2. The third kappa shape index (κ3) is 2.30. The summed E-state index contributed by atoms with van der Waals surface area (Å²) in [5.41, 5.74) is 5.97. The number of para-hydroxylation sites is 1. The van der Waals surface area contributed by atoms with Crippen LogP contribution in [0.2, 0.25) is 0 Å². The van der Waals surface area contributed by atoms with Crippen molar-refractivity contribution in [2.75, 3.05) is 5.01 Å². The Morgan fingerprint density at radius 3 is 2.20 bits per heavy atom. The summed E-state index contributed by atoms with van der Waals surface area (Å²) in [5, 5.41) is 1.62. The molecule has 1 unspecified atom stereocenters.